The van der Waals surface area contributed by atoms with Crippen molar-refractivity contribution >= 4 is 39.0 Å². The lowest BCUT2D eigenvalue weighted by molar-refractivity contribution is 0.385. The zero-order chi connectivity index (χ0) is 16.0. The Bertz CT molecular complexity index is 588. The first-order valence-electron chi connectivity index (χ1n) is 6.65. The lowest BCUT2D eigenvalue weighted by Gasteiger charge is -2.26. The summed E-state index contributed by atoms with van der Waals surface area (Å²) in [5, 5.41) is 0. The minimum absolute atomic E-state index is 0.0174. The molecule has 7 heteroatoms. The van der Waals surface area contributed by atoms with E-state index in [1.165, 1.54) is 4.31 Å². The van der Waals surface area contributed by atoms with Gasteiger partial charge in [-0.05, 0) is 24.3 Å². The minimum Gasteiger partial charge on any atom is -0.389 e. The number of thioether (sulfide) groups is 1. The van der Waals surface area contributed by atoms with Gasteiger partial charge >= 0.3 is 0 Å². The van der Waals surface area contributed by atoms with E-state index in [1.54, 1.807) is 43.1 Å². The first-order chi connectivity index (χ1) is 9.81. The molecule has 1 aromatic rings. The van der Waals surface area contributed by atoms with Crippen molar-refractivity contribution in [3.05, 3.63) is 35.4 Å². The van der Waals surface area contributed by atoms with Gasteiger partial charge in [-0.3, -0.25) is 0 Å². The summed E-state index contributed by atoms with van der Waals surface area (Å²) in [5.41, 5.74) is 6.98. The van der Waals surface area contributed by atoms with Gasteiger partial charge in [0.25, 0.3) is 0 Å². The Morgan fingerprint density at radius 3 is 2.67 bits per heavy atom. The number of thiocarbonyl (C=S) groups is 1. The summed E-state index contributed by atoms with van der Waals surface area (Å²) in [7, 11) is -1.70. The molecule has 118 valence electrons. The summed E-state index contributed by atoms with van der Waals surface area (Å²) in [6.45, 7) is 2.00. The summed E-state index contributed by atoms with van der Waals surface area (Å²) in [6, 6.07) is 7.10. The highest BCUT2D eigenvalue weighted by atomic mass is 32.2. The van der Waals surface area contributed by atoms with Crippen LogP contribution in [0.15, 0.2) is 24.3 Å². The van der Waals surface area contributed by atoms with Gasteiger partial charge in [-0.2, -0.15) is 11.8 Å². The number of hydrogen-bond donors (Lipinski definition) is 1. The second kappa shape index (κ2) is 8.12. The molecule has 4 nitrogen and oxygen atoms in total. The third-order valence-electron chi connectivity index (χ3n) is 3.34. The highest BCUT2D eigenvalue weighted by molar-refractivity contribution is 7.98. The summed E-state index contributed by atoms with van der Waals surface area (Å²) in [6.07, 6.45) is 2.78. The molecule has 0 radical (unpaired) electrons. The van der Waals surface area contributed by atoms with Crippen LogP contribution in [0.25, 0.3) is 0 Å². The maximum atomic E-state index is 12.5. The van der Waals surface area contributed by atoms with E-state index in [2.05, 4.69) is 0 Å². The van der Waals surface area contributed by atoms with Crippen molar-refractivity contribution in [2.24, 2.45) is 5.73 Å². The van der Waals surface area contributed by atoms with Crippen LogP contribution in [0.1, 0.15) is 24.5 Å². The second-order valence-corrected chi connectivity index (χ2v) is 8.23. The Morgan fingerprint density at radius 2 is 2.14 bits per heavy atom. The molecule has 0 aromatic heterocycles. The topological polar surface area (TPSA) is 63.4 Å². The highest BCUT2D eigenvalue weighted by Crippen LogP contribution is 2.17. The molecule has 0 heterocycles. The maximum absolute atomic E-state index is 12.5. The van der Waals surface area contributed by atoms with E-state index in [-0.39, 0.29) is 16.8 Å². The molecule has 1 atom stereocenters. The van der Waals surface area contributed by atoms with Crippen molar-refractivity contribution < 1.29 is 8.42 Å². The quantitative estimate of drug-likeness (QED) is 0.731. The Morgan fingerprint density at radius 1 is 1.48 bits per heavy atom. The fraction of sp³-hybridized carbons (Fsp3) is 0.500. The second-order valence-electron chi connectivity index (χ2n) is 4.85. The van der Waals surface area contributed by atoms with Crippen LogP contribution in [0, 0.1) is 0 Å². The van der Waals surface area contributed by atoms with Gasteiger partial charge in [0, 0.05) is 24.4 Å². The first kappa shape index (κ1) is 18.4. The lowest BCUT2D eigenvalue weighted by Crippen LogP contribution is -2.39. The number of hydrogen-bond acceptors (Lipinski definition) is 4. The lowest BCUT2D eigenvalue weighted by atomic mass is 10.1. The summed E-state index contributed by atoms with van der Waals surface area (Å²) >= 11 is 6.58. The van der Waals surface area contributed by atoms with Crippen LogP contribution in [-0.4, -0.2) is 42.8 Å². The van der Waals surface area contributed by atoms with Crippen molar-refractivity contribution in [2.75, 3.05) is 19.1 Å². The van der Waals surface area contributed by atoms with Crippen LogP contribution < -0.4 is 5.73 Å². The van der Waals surface area contributed by atoms with E-state index in [1.807, 2.05) is 13.2 Å². The van der Waals surface area contributed by atoms with Gasteiger partial charge in [0.05, 0.1) is 5.75 Å². The summed E-state index contributed by atoms with van der Waals surface area (Å²) < 4.78 is 26.5. The predicted octanol–water partition coefficient (Wildman–Crippen LogP) is 2.22. The largest absolute Gasteiger partial charge is 0.389 e. The molecule has 0 fully saturated rings. The molecule has 1 aromatic carbocycles. The molecule has 0 saturated carbocycles. The van der Waals surface area contributed by atoms with Crippen molar-refractivity contribution in [2.45, 2.75) is 25.1 Å². The smallest absolute Gasteiger partial charge is 0.218 e. The number of sulfonamides is 1. The molecular weight excluding hydrogens is 324 g/mol. The molecular formula is C14H22N2O2S3. The molecule has 0 amide bonds. The molecule has 0 aliphatic heterocycles. The predicted molar refractivity (Wildman–Crippen MR) is 95.2 cm³/mol. The van der Waals surface area contributed by atoms with Crippen LogP contribution in [0.4, 0.5) is 0 Å². The van der Waals surface area contributed by atoms with Crippen LogP contribution in [0.2, 0.25) is 0 Å². The standard InChI is InChI=1S/C14H22N2O2S3/c1-4-13(9-20-3)16(2)21(17,18)10-11-6-5-7-12(8-11)14(15)19/h5-8,13H,4,9-10H2,1-3H3,(H2,15,19). The van der Waals surface area contributed by atoms with E-state index in [0.717, 1.165) is 12.2 Å². The van der Waals surface area contributed by atoms with Gasteiger partial charge in [0.2, 0.25) is 10.0 Å². The Hall–Kier alpha value is -0.630. The third-order valence-corrected chi connectivity index (χ3v) is 6.17. The highest BCUT2D eigenvalue weighted by Gasteiger charge is 2.25. The van der Waals surface area contributed by atoms with Crippen LogP contribution in [0.3, 0.4) is 0 Å². The Balaban J connectivity index is 2.94. The Labute approximate surface area is 137 Å². The monoisotopic (exact) mass is 346 g/mol. The van der Waals surface area contributed by atoms with Crippen LogP contribution in [-0.2, 0) is 15.8 Å². The van der Waals surface area contributed by atoms with Crippen molar-refractivity contribution in [3.63, 3.8) is 0 Å². The van der Waals surface area contributed by atoms with Gasteiger partial charge < -0.3 is 5.73 Å². The normalized spacial score (nSPS) is 13.3. The third kappa shape index (κ3) is 5.25. The van der Waals surface area contributed by atoms with E-state index in [0.29, 0.717) is 11.1 Å². The number of nitrogens with two attached hydrogens (primary N) is 1. The van der Waals surface area contributed by atoms with Gasteiger partial charge in [-0.15, -0.1) is 0 Å². The van der Waals surface area contributed by atoms with Gasteiger partial charge in [-0.1, -0.05) is 37.3 Å². The van der Waals surface area contributed by atoms with Gasteiger partial charge in [-0.25, -0.2) is 12.7 Å². The molecule has 0 aliphatic carbocycles. The number of benzene rings is 1. The maximum Gasteiger partial charge on any atom is 0.218 e. The van der Waals surface area contributed by atoms with E-state index in [9.17, 15) is 8.42 Å². The minimum atomic E-state index is -3.35. The first-order valence-corrected chi connectivity index (χ1v) is 10.1. The average molecular weight is 347 g/mol. The van der Waals surface area contributed by atoms with E-state index >= 15 is 0 Å². The van der Waals surface area contributed by atoms with Crippen LogP contribution >= 0.6 is 24.0 Å². The van der Waals surface area contributed by atoms with Crippen molar-refractivity contribution in [3.8, 4) is 0 Å². The molecule has 2 N–H and O–H groups in total. The number of nitrogens with zero attached hydrogens (tertiary/aromatic N) is 1. The summed E-state index contributed by atoms with van der Waals surface area (Å²) in [4.78, 5) is 0.274. The average Bonchev–Trinajstić information content (AvgIpc) is 2.43. The molecule has 1 unspecified atom stereocenters. The van der Waals surface area contributed by atoms with Gasteiger partial charge in [0.1, 0.15) is 4.99 Å². The SMILES string of the molecule is CCC(CSC)N(C)S(=O)(=O)Cc1cccc(C(N)=S)c1. The molecule has 0 bridgehead atoms. The van der Waals surface area contributed by atoms with E-state index in [4.69, 9.17) is 18.0 Å². The van der Waals surface area contributed by atoms with Crippen molar-refractivity contribution in [1.29, 1.82) is 0 Å². The van der Waals surface area contributed by atoms with E-state index < -0.39 is 10.0 Å². The van der Waals surface area contributed by atoms with Crippen molar-refractivity contribution in [1.82, 2.24) is 4.31 Å². The molecule has 21 heavy (non-hydrogen) atoms. The Kier molecular flexibility index (Phi) is 7.12. The number of rotatable bonds is 8. The van der Waals surface area contributed by atoms with Crippen LogP contribution in [0.5, 0.6) is 0 Å². The zero-order valence-corrected chi connectivity index (χ0v) is 15.0. The fourth-order valence-electron chi connectivity index (χ4n) is 2.03. The summed E-state index contributed by atoms with van der Waals surface area (Å²) in [5.74, 6) is 0.754. The van der Waals surface area contributed by atoms with Gasteiger partial charge in [0.15, 0.2) is 0 Å². The molecule has 0 spiro atoms. The molecule has 0 saturated heterocycles. The molecule has 1 rings (SSSR count). The fourth-order valence-corrected chi connectivity index (χ4v) is 4.57. The zero-order valence-electron chi connectivity index (χ0n) is 12.6. The molecule has 0 aliphatic rings.